The summed E-state index contributed by atoms with van der Waals surface area (Å²) in [5, 5.41) is 2.79. The van der Waals surface area contributed by atoms with Gasteiger partial charge in [0.25, 0.3) is 5.91 Å². The van der Waals surface area contributed by atoms with Crippen LogP contribution in [-0.2, 0) is 0 Å². The van der Waals surface area contributed by atoms with Crippen molar-refractivity contribution in [2.75, 3.05) is 25.1 Å². The number of carbonyl (C=O) groups is 1. The molecule has 0 aliphatic heterocycles. The maximum atomic E-state index is 12.5. The van der Waals surface area contributed by atoms with Crippen LogP contribution in [0.25, 0.3) is 0 Å². The normalized spacial score (nSPS) is 10.3. The minimum atomic E-state index is -0.261. The molecule has 0 unspecified atom stereocenters. The topological polar surface area (TPSA) is 69.7 Å². The van der Waals surface area contributed by atoms with Gasteiger partial charge in [-0.1, -0.05) is 18.2 Å². The fourth-order valence-electron chi connectivity index (χ4n) is 2.66. The lowest BCUT2D eigenvalue weighted by atomic mass is 10.2. The Morgan fingerprint density at radius 2 is 1.72 bits per heavy atom. The van der Waals surface area contributed by atoms with Crippen LogP contribution in [0, 0.1) is 6.92 Å². The maximum absolute atomic E-state index is 12.5. The summed E-state index contributed by atoms with van der Waals surface area (Å²) in [6.45, 7) is 5.04. The van der Waals surface area contributed by atoms with Crippen molar-refractivity contribution >= 4 is 11.7 Å². The largest absolute Gasteiger partial charge is 0.490 e. The van der Waals surface area contributed by atoms with Crippen molar-refractivity contribution in [2.24, 2.45) is 0 Å². The van der Waals surface area contributed by atoms with E-state index in [0.29, 0.717) is 42.7 Å². The fourth-order valence-corrected chi connectivity index (χ4v) is 2.66. The first kappa shape index (κ1) is 20.2. The van der Waals surface area contributed by atoms with E-state index < -0.39 is 0 Å². The van der Waals surface area contributed by atoms with Gasteiger partial charge in [-0.25, -0.2) is 4.98 Å². The molecule has 6 nitrogen and oxygen atoms in total. The summed E-state index contributed by atoms with van der Waals surface area (Å²) >= 11 is 0. The van der Waals surface area contributed by atoms with Crippen LogP contribution in [0.15, 0.2) is 66.9 Å². The van der Waals surface area contributed by atoms with E-state index in [2.05, 4.69) is 10.3 Å². The third kappa shape index (κ3) is 5.97. The summed E-state index contributed by atoms with van der Waals surface area (Å²) in [6, 6.07) is 18.3. The number of hydrogen-bond donors (Lipinski definition) is 1. The molecule has 2 aromatic carbocycles. The molecule has 3 rings (SSSR count). The van der Waals surface area contributed by atoms with Gasteiger partial charge >= 0.3 is 0 Å². The van der Waals surface area contributed by atoms with E-state index >= 15 is 0 Å². The first-order valence-corrected chi connectivity index (χ1v) is 9.47. The van der Waals surface area contributed by atoms with Crippen molar-refractivity contribution in [1.82, 2.24) is 4.98 Å². The lowest BCUT2D eigenvalue weighted by molar-refractivity contribution is 0.102. The second kappa shape index (κ2) is 10.1. The number of rotatable bonds is 9. The van der Waals surface area contributed by atoms with Gasteiger partial charge in [0.1, 0.15) is 24.8 Å². The van der Waals surface area contributed by atoms with E-state index in [-0.39, 0.29) is 5.91 Å². The molecule has 1 N–H and O–H groups in total. The number of amides is 1. The number of para-hydroxylation sites is 1. The fraction of sp³-hybridized carbons (Fsp3) is 0.217. The van der Waals surface area contributed by atoms with E-state index in [1.54, 1.807) is 24.4 Å². The number of ether oxygens (including phenoxy) is 3. The third-order valence-electron chi connectivity index (χ3n) is 4.02. The molecule has 0 saturated carbocycles. The Morgan fingerprint density at radius 1 is 0.931 bits per heavy atom. The van der Waals surface area contributed by atoms with Gasteiger partial charge in [-0.3, -0.25) is 4.79 Å². The first-order valence-electron chi connectivity index (χ1n) is 9.47. The molecule has 0 atom stereocenters. The standard InChI is InChI=1S/C23H24N2O4/c1-3-27-21-16-18(23(26)25-22-15-17(2)11-12-24-22)9-10-20(21)29-14-13-28-19-7-5-4-6-8-19/h4-12,15-16H,3,13-14H2,1-2H3,(H,24,25,26). The molecule has 1 heterocycles. The van der Waals surface area contributed by atoms with Gasteiger partial charge in [0.15, 0.2) is 11.5 Å². The highest BCUT2D eigenvalue weighted by molar-refractivity contribution is 6.04. The Bertz CT molecular complexity index is 945. The van der Waals surface area contributed by atoms with Gasteiger partial charge in [-0.2, -0.15) is 0 Å². The molecule has 0 radical (unpaired) electrons. The number of aromatic nitrogens is 1. The van der Waals surface area contributed by atoms with Crippen LogP contribution < -0.4 is 19.5 Å². The summed E-state index contributed by atoms with van der Waals surface area (Å²) in [4.78, 5) is 16.7. The monoisotopic (exact) mass is 392 g/mol. The molecule has 0 aliphatic carbocycles. The van der Waals surface area contributed by atoms with Crippen molar-refractivity contribution in [3.63, 3.8) is 0 Å². The minimum absolute atomic E-state index is 0.261. The average Bonchev–Trinajstić information content (AvgIpc) is 2.73. The van der Waals surface area contributed by atoms with Crippen molar-refractivity contribution < 1.29 is 19.0 Å². The number of nitrogens with zero attached hydrogens (tertiary/aromatic N) is 1. The second-order valence-electron chi connectivity index (χ2n) is 6.28. The quantitative estimate of drug-likeness (QED) is 0.543. The lowest BCUT2D eigenvalue weighted by Crippen LogP contribution is -2.14. The van der Waals surface area contributed by atoms with Gasteiger partial charge in [-0.05, 0) is 61.9 Å². The molecule has 0 saturated heterocycles. The molecular weight excluding hydrogens is 368 g/mol. The van der Waals surface area contributed by atoms with Crippen LogP contribution in [0.2, 0.25) is 0 Å². The lowest BCUT2D eigenvalue weighted by Gasteiger charge is -2.14. The summed E-state index contributed by atoms with van der Waals surface area (Å²) in [5.41, 5.74) is 1.48. The van der Waals surface area contributed by atoms with E-state index in [1.807, 2.05) is 56.3 Å². The highest BCUT2D eigenvalue weighted by atomic mass is 16.5. The van der Waals surface area contributed by atoms with Gasteiger partial charge in [-0.15, -0.1) is 0 Å². The zero-order chi connectivity index (χ0) is 20.5. The maximum Gasteiger partial charge on any atom is 0.256 e. The van der Waals surface area contributed by atoms with E-state index in [0.717, 1.165) is 11.3 Å². The Labute approximate surface area is 170 Å². The highest BCUT2D eigenvalue weighted by Crippen LogP contribution is 2.29. The Hall–Kier alpha value is -3.54. The molecule has 0 bridgehead atoms. The smallest absolute Gasteiger partial charge is 0.256 e. The first-order chi connectivity index (χ1) is 14.2. The highest BCUT2D eigenvalue weighted by Gasteiger charge is 2.12. The summed E-state index contributed by atoms with van der Waals surface area (Å²) < 4.78 is 17.1. The van der Waals surface area contributed by atoms with Crippen LogP contribution in [0.5, 0.6) is 17.2 Å². The number of hydrogen-bond acceptors (Lipinski definition) is 5. The Morgan fingerprint density at radius 3 is 2.48 bits per heavy atom. The van der Waals surface area contributed by atoms with Gasteiger partial charge in [0.05, 0.1) is 6.61 Å². The van der Waals surface area contributed by atoms with Crippen LogP contribution in [0.1, 0.15) is 22.8 Å². The van der Waals surface area contributed by atoms with E-state index in [9.17, 15) is 4.79 Å². The van der Waals surface area contributed by atoms with Crippen molar-refractivity contribution in [1.29, 1.82) is 0 Å². The summed E-state index contributed by atoms with van der Waals surface area (Å²) in [6.07, 6.45) is 1.66. The van der Waals surface area contributed by atoms with Gasteiger partial charge in [0, 0.05) is 11.8 Å². The Kier molecular flexibility index (Phi) is 7.05. The van der Waals surface area contributed by atoms with Crippen LogP contribution in [0.3, 0.4) is 0 Å². The van der Waals surface area contributed by atoms with E-state index in [1.165, 1.54) is 0 Å². The SMILES string of the molecule is CCOc1cc(C(=O)Nc2cc(C)ccn2)ccc1OCCOc1ccccc1. The average molecular weight is 392 g/mol. The predicted octanol–water partition coefficient (Wildman–Crippen LogP) is 4.50. The van der Waals surface area contributed by atoms with Crippen LogP contribution in [0.4, 0.5) is 5.82 Å². The van der Waals surface area contributed by atoms with Crippen molar-refractivity contribution in [3.8, 4) is 17.2 Å². The minimum Gasteiger partial charge on any atom is -0.490 e. The molecule has 29 heavy (non-hydrogen) atoms. The number of benzene rings is 2. The summed E-state index contributed by atoms with van der Waals surface area (Å²) in [7, 11) is 0. The molecule has 6 heteroatoms. The molecule has 1 aromatic heterocycles. The molecule has 0 aliphatic rings. The third-order valence-corrected chi connectivity index (χ3v) is 4.02. The number of pyridine rings is 1. The number of anilines is 1. The van der Waals surface area contributed by atoms with Crippen LogP contribution >= 0.6 is 0 Å². The number of carbonyl (C=O) groups excluding carboxylic acids is 1. The van der Waals surface area contributed by atoms with Crippen molar-refractivity contribution in [3.05, 3.63) is 78.0 Å². The zero-order valence-electron chi connectivity index (χ0n) is 16.6. The zero-order valence-corrected chi connectivity index (χ0v) is 16.6. The number of nitrogens with one attached hydrogen (secondary N) is 1. The number of aryl methyl sites for hydroxylation is 1. The molecule has 0 spiro atoms. The van der Waals surface area contributed by atoms with Crippen LogP contribution in [-0.4, -0.2) is 30.7 Å². The molecule has 150 valence electrons. The molecule has 3 aromatic rings. The second-order valence-corrected chi connectivity index (χ2v) is 6.28. The predicted molar refractivity (Wildman–Crippen MR) is 112 cm³/mol. The molecular formula is C23H24N2O4. The Balaban J connectivity index is 1.62. The van der Waals surface area contributed by atoms with Gasteiger partial charge < -0.3 is 19.5 Å². The molecule has 0 fully saturated rings. The van der Waals surface area contributed by atoms with Crippen molar-refractivity contribution in [2.45, 2.75) is 13.8 Å². The molecule has 1 amide bonds. The van der Waals surface area contributed by atoms with Gasteiger partial charge in [0.2, 0.25) is 0 Å². The van der Waals surface area contributed by atoms with E-state index in [4.69, 9.17) is 14.2 Å². The summed E-state index contributed by atoms with van der Waals surface area (Å²) in [5.74, 6) is 2.11.